The molecule has 23 heavy (non-hydrogen) atoms. The Bertz CT molecular complexity index is 478. The Balaban J connectivity index is 0.00000264. The molecule has 0 aliphatic carbocycles. The summed E-state index contributed by atoms with van der Waals surface area (Å²) >= 11 is 5.89. The van der Waals surface area contributed by atoms with E-state index < -0.39 is 0 Å². The Labute approximate surface area is 162 Å². The van der Waals surface area contributed by atoms with Gasteiger partial charge >= 0.3 is 0 Å². The molecule has 0 radical (unpaired) electrons. The van der Waals surface area contributed by atoms with E-state index >= 15 is 0 Å². The van der Waals surface area contributed by atoms with Crippen molar-refractivity contribution < 1.29 is 0 Å². The number of rotatable bonds is 6. The molecule has 1 atom stereocenters. The molecule has 1 fully saturated rings. The molecule has 1 aromatic carbocycles. The number of aliphatic imine (C=N–C) groups is 1. The van der Waals surface area contributed by atoms with Crippen molar-refractivity contribution in [3.63, 3.8) is 0 Å². The molecule has 4 nitrogen and oxygen atoms in total. The quantitative estimate of drug-likeness (QED) is 0.398. The van der Waals surface area contributed by atoms with Gasteiger partial charge in [0.15, 0.2) is 5.96 Å². The van der Waals surface area contributed by atoms with Gasteiger partial charge in [-0.3, -0.25) is 4.99 Å². The molecule has 1 unspecified atom stereocenters. The third-order valence-electron chi connectivity index (χ3n) is 4.22. The molecule has 0 bridgehead atoms. The first kappa shape index (κ1) is 20.5. The van der Waals surface area contributed by atoms with E-state index in [0.717, 1.165) is 43.0 Å². The first-order valence-corrected chi connectivity index (χ1v) is 8.50. The van der Waals surface area contributed by atoms with Crippen LogP contribution < -0.4 is 10.6 Å². The van der Waals surface area contributed by atoms with Gasteiger partial charge in [-0.1, -0.05) is 30.7 Å². The van der Waals surface area contributed by atoms with E-state index in [2.05, 4.69) is 39.6 Å². The topological polar surface area (TPSA) is 39.7 Å². The number of guanidine groups is 1. The third kappa shape index (κ3) is 7.27. The molecule has 0 aromatic heterocycles. The van der Waals surface area contributed by atoms with E-state index in [1.165, 1.54) is 25.1 Å². The number of nitrogens with one attached hydrogen (secondary N) is 2. The van der Waals surface area contributed by atoms with Crippen LogP contribution in [0.2, 0.25) is 5.02 Å². The Kier molecular flexibility index (Phi) is 9.90. The van der Waals surface area contributed by atoms with Gasteiger partial charge in [0.25, 0.3) is 0 Å². The van der Waals surface area contributed by atoms with Crippen molar-refractivity contribution in [2.75, 3.05) is 39.8 Å². The maximum atomic E-state index is 5.89. The minimum absolute atomic E-state index is 0. The lowest BCUT2D eigenvalue weighted by molar-refractivity contribution is 0.342. The Morgan fingerprint density at radius 2 is 2.04 bits per heavy atom. The van der Waals surface area contributed by atoms with Gasteiger partial charge < -0.3 is 15.5 Å². The molecule has 1 aliphatic heterocycles. The molecule has 1 aliphatic rings. The summed E-state index contributed by atoms with van der Waals surface area (Å²) in [6.07, 6.45) is 2.24. The number of benzene rings is 1. The Hall–Kier alpha value is -0.530. The molecule has 130 valence electrons. The minimum Gasteiger partial charge on any atom is -0.356 e. The van der Waals surface area contributed by atoms with Crippen molar-refractivity contribution in [2.24, 2.45) is 10.9 Å². The average molecular weight is 451 g/mol. The van der Waals surface area contributed by atoms with Gasteiger partial charge in [0.05, 0.1) is 0 Å². The lowest BCUT2D eigenvalue weighted by Gasteiger charge is -2.16. The number of likely N-dealkylation sites (tertiary alicyclic amines) is 1. The van der Waals surface area contributed by atoms with Crippen LogP contribution in [-0.2, 0) is 6.42 Å². The first-order valence-electron chi connectivity index (χ1n) is 8.12. The van der Waals surface area contributed by atoms with Gasteiger partial charge in [-0.2, -0.15) is 0 Å². The summed E-state index contributed by atoms with van der Waals surface area (Å²) in [6.45, 7) is 7.68. The van der Waals surface area contributed by atoms with Crippen LogP contribution in [0.15, 0.2) is 29.3 Å². The fourth-order valence-electron chi connectivity index (χ4n) is 2.80. The third-order valence-corrected chi connectivity index (χ3v) is 4.47. The molecule has 1 saturated heterocycles. The number of hydrogen-bond donors (Lipinski definition) is 2. The maximum absolute atomic E-state index is 5.89. The van der Waals surface area contributed by atoms with Crippen LogP contribution in [0.25, 0.3) is 0 Å². The SMILES string of the molecule is CCN1CCC(CNC(=NC)NCCc2ccc(Cl)cc2)C1.I. The Morgan fingerprint density at radius 3 is 2.65 bits per heavy atom. The normalized spacial score (nSPS) is 18.6. The van der Waals surface area contributed by atoms with Gasteiger partial charge in [-0.15, -0.1) is 24.0 Å². The zero-order valence-electron chi connectivity index (χ0n) is 14.0. The summed E-state index contributed by atoms with van der Waals surface area (Å²) < 4.78 is 0. The molecular weight excluding hydrogens is 423 g/mol. The van der Waals surface area contributed by atoms with Crippen LogP contribution in [0.1, 0.15) is 18.9 Å². The van der Waals surface area contributed by atoms with Crippen molar-refractivity contribution in [1.29, 1.82) is 0 Å². The van der Waals surface area contributed by atoms with Gasteiger partial charge in [0.1, 0.15) is 0 Å². The first-order chi connectivity index (χ1) is 10.7. The van der Waals surface area contributed by atoms with E-state index in [9.17, 15) is 0 Å². The molecule has 0 saturated carbocycles. The fourth-order valence-corrected chi connectivity index (χ4v) is 2.93. The summed E-state index contributed by atoms with van der Waals surface area (Å²) in [6, 6.07) is 8.00. The van der Waals surface area contributed by atoms with Crippen LogP contribution in [0.5, 0.6) is 0 Å². The van der Waals surface area contributed by atoms with E-state index in [1.807, 2.05) is 19.2 Å². The van der Waals surface area contributed by atoms with Crippen LogP contribution in [0.4, 0.5) is 0 Å². The molecule has 2 N–H and O–H groups in total. The van der Waals surface area contributed by atoms with E-state index in [-0.39, 0.29) is 24.0 Å². The predicted molar refractivity (Wildman–Crippen MR) is 110 cm³/mol. The van der Waals surface area contributed by atoms with Gasteiger partial charge in [-0.25, -0.2) is 0 Å². The van der Waals surface area contributed by atoms with Crippen LogP contribution in [0.3, 0.4) is 0 Å². The standard InChI is InChI=1S/C17H27ClN4.HI/c1-3-22-11-9-15(13-22)12-21-17(19-2)20-10-8-14-4-6-16(18)7-5-14;/h4-7,15H,3,8-13H2,1-2H3,(H2,19,20,21);1H. The van der Waals surface area contributed by atoms with Gasteiger partial charge in [-0.05, 0) is 49.5 Å². The highest BCUT2D eigenvalue weighted by Gasteiger charge is 2.20. The van der Waals surface area contributed by atoms with Crippen molar-refractivity contribution in [3.05, 3.63) is 34.9 Å². The lowest BCUT2D eigenvalue weighted by atomic mass is 10.1. The maximum Gasteiger partial charge on any atom is 0.190 e. The average Bonchev–Trinajstić information content (AvgIpc) is 3.00. The highest BCUT2D eigenvalue weighted by atomic mass is 127. The monoisotopic (exact) mass is 450 g/mol. The number of nitrogens with zero attached hydrogens (tertiary/aromatic N) is 2. The fraction of sp³-hybridized carbons (Fsp3) is 0.588. The summed E-state index contributed by atoms with van der Waals surface area (Å²) in [4.78, 5) is 6.80. The second-order valence-electron chi connectivity index (χ2n) is 5.80. The molecular formula is C17H28ClIN4. The Morgan fingerprint density at radius 1 is 1.30 bits per heavy atom. The molecule has 0 amide bonds. The summed E-state index contributed by atoms with van der Waals surface area (Å²) in [5, 5.41) is 7.60. The van der Waals surface area contributed by atoms with Gasteiger partial charge in [0, 0.05) is 31.7 Å². The summed E-state index contributed by atoms with van der Waals surface area (Å²) in [5.74, 6) is 1.62. The zero-order chi connectivity index (χ0) is 15.8. The molecule has 1 aromatic rings. The van der Waals surface area contributed by atoms with Crippen molar-refractivity contribution >= 4 is 41.5 Å². The second-order valence-corrected chi connectivity index (χ2v) is 6.24. The largest absolute Gasteiger partial charge is 0.356 e. The second kappa shape index (κ2) is 11.1. The lowest BCUT2D eigenvalue weighted by Crippen LogP contribution is -2.41. The predicted octanol–water partition coefficient (Wildman–Crippen LogP) is 3.01. The molecule has 1 heterocycles. The van der Waals surface area contributed by atoms with Crippen molar-refractivity contribution in [3.8, 4) is 0 Å². The minimum atomic E-state index is 0. The van der Waals surface area contributed by atoms with E-state index in [1.54, 1.807) is 0 Å². The summed E-state index contributed by atoms with van der Waals surface area (Å²) in [5.41, 5.74) is 1.28. The van der Waals surface area contributed by atoms with Gasteiger partial charge in [0.2, 0.25) is 0 Å². The smallest absolute Gasteiger partial charge is 0.190 e. The zero-order valence-corrected chi connectivity index (χ0v) is 17.1. The number of hydrogen-bond acceptors (Lipinski definition) is 2. The van der Waals surface area contributed by atoms with Crippen LogP contribution in [-0.4, -0.2) is 50.6 Å². The number of halogens is 2. The highest BCUT2D eigenvalue weighted by molar-refractivity contribution is 14.0. The van der Waals surface area contributed by atoms with Crippen LogP contribution >= 0.6 is 35.6 Å². The van der Waals surface area contributed by atoms with Crippen LogP contribution in [0, 0.1) is 5.92 Å². The molecule has 6 heteroatoms. The van der Waals surface area contributed by atoms with Crippen molar-refractivity contribution in [1.82, 2.24) is 15.5 Å². The van der Waals surface area contributed by atoms with Crippen molar-refractivity contribution in [2.45, 2.75) is 19.8 Å². The van der Waals surface area contributed by atoms with E-state index in [0.29, 0.717) is 0 Å². The highest BCUT2D eigenvalue weighted by Crippen LogP contribution is 2.14. The molecule has 2 rings (SSSR count). The van der Waals surface area contributed by atoms with E-state index in [4.69, 9.17) is 11.6 Å². The summed E-state index contributed by atoms with van der Waals surface area (Å²) in [7, 11) is 1.82. The molecule has 0 spiro atoms.